The Hall–Kier alpha value is -1.52. The van der Waals surface area contributed by atoms with E-state index < -0.39 is 5.60 Å². The van der Waals surface area contributed by atoms with E-state index >= 15 is 0 Å². The predicted molar refractivity (Wildman–Crippen MR) is 122 cm³/mol. The number of rotatable bonds is 3. The van der Waals surface area contributed by atoms with E-state index in [1.807, 2.05) is 31.9 Å². The molecule has 2 aliphatic rings. The molecule has 0 aromatic carbocycles. The standard InChI is InChI=1S/C19H25ClN6O2S2/c1-19(2,3)28-18(27)26-10-6-13(29-4)12(26)9-25(8-10)15-11-7-21-17(30-5)23-14(11)22-16(20)24-15/h7,10,12-13H,6,8-9H2,1-5H3/t10-,12+,13?/m0/s1. The van der Waals surface area contributed by atoms with E-state index in [-0.39, 0.29) is 23.5 Å². The summed E-state index contributed by atoms with van der Waals surface area (Å²) in [5, 5.41) is 1.91. The van der Waals surface area contributed by atoms with Crippen LogP contribution >= 0.6 is 35.1 Å². The van der Waals surface area contributed by atoms with E-state index in [2.05, 4.69) is 31.1 Å². The molecule has 0 aliphatic carbocycles. The van der Waals surface area contributed by atoms with Crippen LogP contribution in [0.25, 0.3) is 11.0 Å². The molecule has 8 nitrogen and oxygen atoms in total. The zero-order valence-electron chi connectivity index (χ0n) is 17.6. The van der Waals surface area contributed by atoms with Gasteiger partial charge in [-0.1, -0.05) is 11.8 Å². The highest BCUT2D eigenvalue weighted by atomic mass is 35.5. The minimum absolute atomic E-state index is 0.0313. The Bertz CT molecular complexity index is 972. The molecule has 2 aliphatic heterocycles. The normalized spacial score (nSPS) is 23.9. The van der Waals surface area contributed by atoms with Crippen molar-refractivity contribution in [1.29, 1.82) is 0 Å². The average Bonchev–Trinajstić information content (AvgIpc) is 2.91. The Balaban J connectivity index is 1.67. The number of anilines is 1. The summed E-state index contributed by atoms with van der Waals surface area (Å²) < 4.78 is 5.70. The number of amides is 1. The molecule has 1 amide bonds. The number of thioether (sulfide) groups is 2. The molecule has 2 aromatic heterocycles. The number of fused-ring (bicyclic) bond motifs is 3. The predicted octanol–water partition coefficient (Wildman–Crippen LogP) is 3.72. The van der Waals surface area contributed by atoms with Gasteiger partial charge in [0.2, 0.25) is 5.28 Å². The molecular weight excluding hydrogens is 444 g/mol. The summed E-state index contributed by atoms with van der Waals surface area (Å²) >= 11 is 9.48. The Labute approximate surface area is 189 Å². The van der Waals surface area contributed by atoms with E-state index in [9.17, 15) is 4.79 Å². The molecule has 0 radical (unpaired) electrons. The minimum Gasteiger partial charge on any atom is -0.444 e. The van der Waals surface area contributed by atoms with E-state index in [1.54, 1.807) is 18.0 Å². The molecule has 11 heteroatoms. The van der Waals surface area contributed by atoms with Crippen LogP contribution in [0.15, 0.2) is 11.4 Å². The summed E-state index contributed by atoms with van der Waals surface area (Å²) in [5.41, 5.74) is 0.0123. The molecule has 2 saturated heterocycles. The number of carbonyl (C=O) groups excluding carboxylic acids is 1. The molecule has 2 aromatic rings. The van der Waals surface area contributed by atoms with Crippen LogP contribution in [0.1, 0.15) is 27.2 Å². The van der Waals surface area contributed by atoms with Gasteiger partial charge < -0.3 is 9.64 Å². The van der Waals surface area contributed by atoms with Crippen molar-refractivity contribution in [1.82, 2.24) is 24.8 Å². The van der Waals surface area contributed by atoms with Gasteiger partial charge in [-0.05, 0) is 51.3 Å². The molecule has 0 saturated carbocycles. The molecule has 2 bridgehead atoms. The molecular formula is C19H25ClN6O2S2. The average molecular weight is 469 g/mol. The zero-order valence-corrected chi connectivity index (χ0v) is 20.0. The van der Waals surface area contributed by atoms with Gasteiger partial charge >= 0.3 is 6.09 Å². The van der Waals surface area contributed by atoms with Gasteiger partial charge in [0, 0.05) is 24.5 Å². The largest absolute Gasteiger partial charge is 0.444 e. The van der Waals surface area contributed by atoms with Crippen molar-refractivity contribution in [2.45, 2.75) is 55.3 Å². The number of nitrogens with zero attached hydrogens (tertiary/aromatic N) is 6. The van der Waals surface area contributed by atoms with Crippen molar-refractivity contribution >= 4 is 58.1 Å². The van der Waals surface area contributed by atoms with Crippen molar-refractivity contribution in [2.75, 3.05) is 30.5 Å². The summed E-state index contributed by atoms with van der Waals surface area (Å²) in [4.78, 5) is 34.7. The van der Waals surface area contributed by atoms with Crippen LogP contribution in [0, 0.1) is 0 Å². The summed E-state index contributed by atoms with van der Waals surface area (Å²) in [6, 6.07) is 0.0787. The lowest BCUT2D eigenvalue weighted by molar-refractivity contribution is 0.0124. The number of aromatic nitrogens is 4. The molecule has 4 rings (SSSR count). The monoisotopic (exact) mass is 468 g/mol. The number of carbonyl (C=O) groups is 1. The minimum atomic E-state index is -0.523. The summed E-state index contributed by atoms with van der Waals surface area (Å²) in [7, 11) is 0. The van der Waals surface area contributed by atoms with Crippen LogP contribution in [-0.2, 0) is 4.74 Å². The van der Waals surface area contributed by atoms with Crippen LogP contribution in [0.4, 0.5) is 10.6 Å². The number of halogens is 1. The molecule has 162 valence electrons. The van der Waals surface area contributed by atoms with Crippen LogP contribution < -0.4 is 4.90 Å². The smallest absolute Gasteiger partial charge is 0.410 e. The lowest BCUT2D eigenvalue weighted by atomic mass is 10.1. The highest BCUT2D eigenvalue weighted by Gasteiger charge is 2.50. The second-order valence-electron chi connectivity index (χ2n) is 8.43. The summed E-state index contributed by atoms with van der Waals surface area (Å²) in [6.45, 7) is 6.99. The van der Waals surface area contributed by atoms with Crippen LogP contribution in [0.3, 0.4) is 0 Å². The van der Waals surface area contributed by atoms with E-state index in [1.165, 1.54) is 11.8 Å². The first-order valence-corrected chi connectivity index (χ1v) is 12.6. The molecule has 2 fully saturated rings. The fourth-order valence-electron chi connectivity index (χ4n) is 4.14. The maximum Gasteiger partial charge on any atom is 0.410 e. The van der Waals surface area contributed by atoms with Crippen LogP contribution in [-0.4, -0.2) is 79.5 Å². The van der Waals surface area contributed by atoms with E-state index in [0.29, 0.717) is 29.1 Å². The third-order valence-corrected chi connectivity index (χ3v) is 7.14. The summed E-state index contributed by atoms with van der Waals surface area (Å²) in [6.07, 6.45) is 6.45. The van der Waals surface area contributed by atoms with Crippen molar-refractivity contribution in [3.05, 3.63) is 11.5 Å². The highest BCUT2D eigenvalue weighted by Crippen LogP contribution is 2.39. The van der Waals surface area contributed by atoms with Crippen molar-refractivity contribution < 1.29 is 9.53 Å². The Morgan fingerprint density at radius 1 is 1.23 bits per heavy atom. The molecule has 30 heavy (non-hydrogen) atoms. The molecule has 4 heterocycles. The van der Waals surface area contributed by atoms with Gasteiger partial charge in [0.15, 0.2) is 10.8 Å². The third kappa shape index (κ3) is 4.13. The first-order chi connectivity index (χ1) is 14.2. The number of ether oxygens (including phenoxy) is 1. The quantitative estimate of drug-likeness (QED) is 0.494. The van der Waals surface area contributed by atoms with Gasteiger partial charge in [-0.25, -0.2) is 14.8 Å². The van der Waals surface area contributed by atoms with E-state index in [0.717, 1.165) is 17.6 Å². The lowest BCUT2D eigenvalue weighted by Crippen LogP contribution is -2.58. The Kier molecular flexibility index (Phi) is 5.93. The van der Waals surface area contributed by atoms with Gasteiger partial charge in [0.05, 0.1) is 17.5 Å². The van der Waals surface area contributed by atoms with Crippen molar-refractivity contribution in [2.24, 2.45) is 0 Å². The number of hydrogen-bond acceptors (Lipinski definition) is 9. The molecule has 0 spiro atoms. The fourth-order valence-corrected chi connectivity index (χ4v) is 5.58. The second kappa shape index (κ2) is 8.20. The Morgan fingerprint density at radius 3 is 2.67 bits per heavy atom. The maximum atomic E-state index is 12.9. The molecule has 1 unspecified atom stereocenters. The highest BCUT2D eigenvalue weighted by molar-refractivity contribution is 7.99. The summed E-state index contributed by atoms with van der Waals surface area (Å²) in [5.74, 6) is 0.721. The van der Waals surface area contributed by atoms with E-state index in [4.69, 9.17) is 16.3 Å². The SMILES string of the molecule is CSc1ncc2c(N3C[C@@H]4CC(SC)[C@@H](C3)N4C(=O)OC(C)(C)C)nc(Cl)nc2n1. The fraction of sp³-hybridized carbons (Fsp3) is 0.632. The van der Waals surface area contributed by atoms with Gasteiger partial charge in [0.1, 0.15) is 11.4 Å². The third-order valence-electron chi connectivity index (χ3n) is 5.30. The van der Waals surface area contributed by atoms with Crippen molar-refractivity contribution in [3.8, 4) is 0 Å². The maximum absolute atomic E-state index is 12.9. The molecule has 0 N–H and O–H groups in total. The topological polar surface area (TPSA) is 84.3 Å². The van der Waals surface area contributed by atoms with Gasteiger partial charge in [0.25, 0.3) is 0 Å². The zero-order chi connectivity index (χ0) is 21.6. The van der Waals surface area contributed by atoms with Crippen molar-refractivity contribution in [3.63, 3.8) is 0 Å². The number of hydrogen-bond donors (Lipinski definition) is 0. The lowest BCUT2D eigenvalue weighted by Gasteiger charge is -2.42. The first kappa shape index (κ1) is 21.7. The van der Waals surface area contributed by atoms with Crippen LogP contribution in [0.2, 0.25) is 5.28 Å². The number of piperazine rings is 1. The van der Waals surface area contributed by atoms with Gasteiger partial charge in [-0.3, -0.25) is 4.90 Å². The van der Waals surface area contributed by atoms with Gasteiger partial charge in [-0.2, -0.15) is 21.7 Å². The second-order valence-corrected chi connectivity index (χ2v) is 10.6. The first-order valence-electron chi connectivity index (χ1n) is 9.73. The van der Waals surface area contributed by atoms with Crippen LogP contribution in [0.5, 0.6) is 0 Å². The van der Waals surface area contributed by atoms with Gasteiger partial charge in [-0.15, -0.1) is 0 Å². The molecule has 3 atom stereocenters. The Morgan fingerprint density at radius 2 is 2.00 bits per heavy atom.